The quantitative estimate of drug-likeness (QED) is 0.784. The van der Waals surface area contributed by atoms with Crippen LogP contribution in [0.3, 0.4) is 0 Å². The molecule has 0 bridgehead atoms. The lowest BCUT2D eigenvalue weighted by molar-refractivity contribution is -0.122. The van der Waals surface area contributed by atoms with Gasteiger partial charge in [-0.15, -0.1) is 0 Å². The zero-order valence-electron chi connectivity index (χ0n) is 10.9. The van der Waals surface area contributed by atoms with Gasteiger partial charge in [-0.25, -0.2) is 4.39 Å². The van der Waals surface area contributed by atoms with Crippen LogP contribution in [0.2, 0.25) is 0 Å². The molecule has 0 aliphatic carbocycles. The van der Waals surface area contributed by atoms with Crippen LogP contribution in [0.25, 0.3) is 0 Å². The molecule has 0 spiro atoms. The summed E-state index contributed by atoms with van der Waals surface area (Å²) < 4.78 is 24.7. The van der Waals surface area contributed by atoms with Crippen LogP contribution in [0.1, 0.15) is 12.5 Å². The highest BCUT2D eigenvalue weighted by Crippen LogP contribution is 2.20. The highest BCUT2D eigenvalue weighted by molar-refractivity contribution is 9.10. The van der Waals surface area contributed by atoms with Crippen molar-refractivity contribution in [3.05, 3.63) is 34.1 Å². The zero-order chi connectivity index (χ0) is 13.5. The molecule has 102 valence electrons. The lowest BCUT2D eigenvalue weighted by Gasteiger charge is -2.25. The SMILES string of the molecule is CCNC(Cc1cc(F)ccc1Br)C(OC)OC. The van der Waals surface area contributed by atoms with Crippen molar-refractivity contribution < 1.29 is 13.9 Å². The maximum atomic E-state index is 13.2. The Morgan fingerprint density at radius 1 is 1.33 bits per heavy atom. The van der Waals surface area contributed by atoms with Crippen molar-refractivity contribution in [1.82, 2.24) is 5.32 Å². The third-order valence-electron chi connectivity index (χ3n) is 2.71. The van der Waals surface area contributed by atoms with Crippen LogP contribution >= 0.6 is 15.9 Å². The van der Waals surface area contributed by atoms with Gasteiger partial charge in [0.2, 0.25) is 0 Å². The lowest BCUT2D eigenvalue weighted by Crippen LogP contribution is -2.43. The summed E-state index contributed by atoms with van der Waals surface area (Å²) in [6, 6.07) is 4.64. The molecule has 1 rings (SSSR count). The van der Waals surface area contributed by atoms with Crippen LogP contribution < -0.4 is 5.32 Å². The fourth-order valence-corrected chi connectivity index (χ4v) is 2.30. The number of hydrogen-bond donors (Lipinski definition) is 1. The largest absolute Gasteiger partial charge is 0.354 e. The monoisotopic (exact) mass is 319 g/mol. The minimum absolute atomic E-state index is 0.0249. The highest BCUT2D eigenvalue weighted by Gasteiger charge is 2.21. The molecular weight excluding hydrogens is 301 g/mol. The van der Waals surface area contributed by atoms with Crippen LogP contribution in [0, 0.1) is 5.82 Å². The molecule has 0 heterocycles. The Morgan fingerprint density at radius 3 is 2.56 bits per heavy atom. The normalized spacial score (nSPS) is 13.0. The van der Waals surface area contributed by atoms with Gasteiger partial charge in [0, 0.05) is 18.7 Å². The Balaban J connectivity index is 2.85. The first-order valence-electron chi connectivity index (χ1n) is 5.85. The minimum Gasteiger partial charge on any atom is -0.354 e. The maximum absolute atomic E-state index is 13.2. The summed E-state index contributed by atoms with van der Waals surface area (Å²) in [6.45, 7) is 2.80. The maximum Gasteiger partial charge on any atom is 0.172 e. The molecule has 18 heavy (non-hydrogen) atoms. The molecule has 0 aliphatic heterocycles. The Kier molecular flexibility index (Phi) is 6.78. The Hall–Kier alpha value is -0.490. The van der Waals surface area contributed by atoms with Crippen LogP contribution in [0.4, 0.5) is 4.39 Å². The Labute approximate surface area is 116 Å². The number of benzene rings is 1. The van der Waals surface area contributed by atoms with E-state index in [0.717, 1.165) is 16.6 Å². The van der Waals surface area contributed by atoms with E-state index in [0.29, 0.717) is 6.42 Å². The smallest absolute Gasteiger partial charge is 0.172 e. The van der Waals surface area contributed by atoms with E-state index in [1.165, 1.54) is 12.1 Å². The molecular formula is C13H19BrFNO2. The van der Waals surface area contributed by atoms with Crippen molar-refractivity contribution in [3.8, 4) is 0 Å². The highest BCUT2D eigenvalue weighted by atomic mass is 79.9. The van der Waals surface area contributed by atoms with Gasteiger partial charge in [-0.2, -0.15) is 0 Å². The van der Waals surface area contributed by atoms with E-state index in [1.54, 1.807) is 20.3 Å². The first-order valence-corrected chi connectivity index (χ1v) is 6.64. The molecule has 0 radical (unpaired) electrons. The summed E-state index contributed by atoms with van der Waals surface area (Å²) in [5.41, 5.74) is 0.889. The number of nitrogens with one attached hydrogen (secondary N) is 1. The second kappa shape index (κ2) is 7.84. The Bertz CT molecular complexity index is 372. The van der Waals surface area contributed by atoms with Crippen molar-refractivity contribution in [3.63, 3.8) is 0 Å². The molecule has 0 saturated carbocycles. The first kappa shape index (κ1) is 15.6. The molecule has 0 aliphatic rings. The van der Waals surface area contributed by atoms with E-state index in [9.17, 15) is 4.39 Å². The molecule has 3 nitrogen and oxygen atoms in total. The topological polar surface area (TPSA) is 30.5 Å². The fourth-order valence-electron chi connectivity index (χ4n) is 1.89. The van der Waals surface area contributed by atoms with Gasteiger partial charge in [0.05, 0.1) is 6.04 Å². The van der Waals surface area contributed by atoms with E-state index in [2.05, 4.69) is 21.2 Å². The van der Waals surface area contributed by atoms with E-state index in [4.69, 9.17) is 9.47 Å². The van der Waals surface area contributed by atoms with Gasteiger partial charge in [-0.1, -0.05) is 22.9 Å². The molecule has 1 aromatic rings. The lowest BCUT2D eigenvalue weighted by atomic mass is 10.1. The molecule has 0 fully saturated rings. The molecule has 1 aromatic carbocycles. The second-order valence-corrected chi connectivity index (χ2v) is 4.80. The molecule has 0 amide bonds. The van der Waals surface area contributed by atoms with Crippen LogP contribution in [0.5, 0.6) is 0 Å². The number of methoxy groups -OCH3 is 2. The van der Waals surface area contributed by atoms with Crippen LogP contribution in [-0.2, 0) is 15.9 Å². The van der Waals surface area contributed by atoms with Gasteiger partial charge in [0.25, 0.3) is 0 Å². The van der Waals surface area contributed by atoms with Crippen molar-refractivity contribution in [2.24, 2.45) is 0 Å². The van der Waals surface area contributed by atoms with Crippen LogP contribution in [0.15, 0.2) is 22.7 Å². The van der Waals surface area contributed by atoms with Crippen molar-refractivity contribution in [1.29, 1.82) is 0 Å². The van der Waals surface area contributed by atoms with Gasteiger partial charge in [0.15, 0.2) is 6.29 Å². The van der Waals surface area contributed by atoms with E-state index in [1.807, 2.05) is 6.92 Å². The van der Waals surface area contributed by atoms with Crippen molar-refractivity contribution in [2.45, 2.75) is 25.7 Å². The second-order valence-electron chi connectivity index (χ2n) is 3.94. The third kappa shape index (κ3) is 4.31. The van der Waals surface area contributed by atoms with Gasteiger partial charge >= 0.3 is 0 Å². The summed E-state index contributed by atoms with van der Waals surface area (Å²) >= 11 is 3.43. The number of likely N-dealkylation sites (N-methyl/N-ethyl adjacent to an activating group) is 1. The Morgan fingerprint density at radius 2 is 2.00 bits per heavy atom. The van der Waals surface area contributed by atoms with Gasteiger partial charge in [0.1, 0.15) is 5.82 Å². The average Bonchev–Trinajstić information content (AvgIpc) is 2.35. The molecule has 5 heteroatoms. The summed E-state index contributed by atoms with van der Waals surface area (Å²) in [6.07, 6.45) is 0.263. The average molecular weight is 320 g/mol. The van der Waals surface area contributed by atoms with Gasteiger partial charge in [-0.3, -0.25) is 0 Å². The number of ether oxygens (including phenoxy) is 2. The standard InChI is InChI=1S/C13H19BrFNO2/c1-4-16-12(13(17-2)18-3)8-9-7-10(15)5-6-11(9)14/h5-7,12-13,16H,4,8H2,1-3H3. The molecule has 0 saturated heterocycles. The summed E-state index contributed by atoms with van der Waals surface area (Å²) in [7, 11) is 3.19. The minimum atomic E-state index is -0.361. The summed E-state index contributed by atoms with van der Waals surface area (Å²) in [4.78, 5) is 0. The predicted molar refractivity (Wildman–Crippen MR) is 73.1 cm³/mol. The number of rotatable bonds is 7. The fraction of sp³-hybridized carbons (Fsp3) is 0.538. The molecule has 0 aromatic heterocycles. The van der Waals surface area contributed by atoms with Crippen molar-refractivity contribution in [2.75, 3.05) is 20.8 Å². The van der Waals surface area contributed by atoms with Gasteiger partial charge in [-0.05, 0) is 36.7 Å². The molecule has 1 atom stereocenters. The van der Waals surface area contributed by atoms with Crippen molar-refractivity contribution >= 4 is 15.9 Å². The number of hydrogen-bond acceptors (Lipinski definition) is 3. The molecule has 1 N–H and O–H groups in total. The van der Waals surface area contributed by atoms with E-state index >= 15 is 0 Å². The van der Waals surface area contributed by atoms with Gasteiger partial charge < -0.3 is 14.8 Å². The van der Waals surface area contributed by atoms with Crippen LogP contribution in [-0.4, -0.2) is 33.1 Å². The summed E-state index contributed by atoms with van der Waals surface area (Å²) in [5.74, 6) is -0.241. The zero-order valence-corrected chi connectivity index (χ0v) is 12.5. The third-order valence-corrected chi connectivity index (χ3v) is 3.48. The van der Waals surface area contributed by atoms with E-state index in [-0.39, 0.29) is 18.1 Å². The number of halogens is 2. The molecule has 1 unspecified atom stereocenters. The summed E-state index contributed by atoms with van der Waals surface area (Å²) in [5, 5.41) is 3.29. The first-order chi connectivity index (χ1) is 8.62. The predicted octanol–water partition coefficient (Wildman–Crippen LogP) is 2.73. The van der Waals surface area contributed by atoms with E-state index < -0.39 is 0 Å².